The van der Waals surface area contributed by atoms with E-state index in [1.165, 1.54) is 12.3 Å². The van der Waals surface area contributed by atoms with Gasteiger partial charge in [-0.2, -0.15) is 0 Å². The number of nitrogens with zero attached hydrogens (tertiary/aromatic N) is 1. The van der Waals surface area contributed by atoms with Crippen LogP contribution < -0.4 is 11.2 Å². The molecule has 0 aromatic carbocycles. The molecule has 106 valence electrons. The van der Waals surface area contributed by atoms with Crippen LogP contribution in [0.15, 0.2) is 21.9 Å². The Bertz CT molecular complexity index is 567. The van der Waals surface area contributed by atoms with Gasteiger partial charge in [0.05, 0.1) is 5.60 Å². The normalized spacial score (nSPS) is 34.6. The topological polar surface area (TPSA) is 64.1 Å². The largest absolute Gasteiger partial charge is 0.347 e. The van der Waals surface area contributed by atoms with E-state index in [0.717, 1.165) is 4.57 Å². The number of nitrogens with one attached hydrogen (secondary N) is 1. The van der Waals surface area contributed by atoms with E-state index in [9.17, 15) is 14.0 Å². The van der Waals surface area contributed by atoms with Crippen molar-refractivity contribution in [1.82, 2.24) is 9.55 Å². The highest BCUT2D eigenvalue weighted by Crippen LogP contribution is 2.45. The summed E-state index contributed by atoms with van der Waals surface area (Å²) in [6.45, 7) is 3.69. The summed E-state index contributed by atoms with van der Waals surface area (Å²) in [6, 6.07) is 1.18. The predicted molar refractivity (Wildman–Crippen MR) is 72.3 cm³/mol. The van der Waals surface area contributed by atoms with Crippen LogP contribution in [0.4, 0.5) is 4.39 Å². The Morgan fingerprint density at radius 1 is 1.58 bits per heavy atom. The minimum atomic E-state index is -1.30. The molecule has 1 aliphatic heterocycles. The van der Waals surface area contributed by atoms with Crippen molar-refractivity contribution < 1.29 is 9.13 Å². The third kappa shape index (κ3) is 2.29. The molecule has 19 heavy (non-hydrogen) atoms. The number of hydrogen-bond donors (Lipinski definition) is 1. The maximum atomic E-state index is 14.4. The molecule has 0 spiro atoms. The highest BCUT2D eigenvalue weighted by molar-refractivity contribution is 9.09. The third-order valence-electron chi connectivity index (χ3n) is 3.89. The van der Waals surface area contributed by atoms with Crippen molar-refractivity contribution >= 4 is 15.9 Å². The molecule has 5 nitrogen and oxygen atoms in total. The smallest absolute Gasteiger partial charge is 0.330 e. The van der Waals surface area contributed by atoms with Gasteiger partial charge in [0, 0.05) is 23.5 Å². The van der Waals surface area contributed by atoms with Crippen molar-refractivity contribution in [2.24, 2.45) is 5.92 Å². The molecule has 7 heteroatoms. The molecule has 1 saturated heterocycles. The van der Waals surface area contributed by atoms with Crippen molar-refractivity contribution in [1.29, 1.82) is 0 Å². The molecule has 0 unspecified atom stereocenters. The monoisotopic (exact) mass is 334 g/mol. The summed E-state index contributed by atoms with van der Waals surface area (Å²) in [6.07, 6.45) is -0.405. The quantitative estimate of drug-likeness (QED) is 0.853. The molecular weight excluding hydrogens is 319 g/mol. The second-order valence-electron chi connectivity index (χ2n) is 4.81. The maximum Gasteiger partial charge on any atom is 0.330 e. The molecule has 1 N–H and O–H groups in total. The fraction of sp³-hybridized carbons (Fsp3) is 0.667. The number of aromatic nitrogens is 2. The molecule has 4 atom stereocenters. The first kappa shape index (κ1) is 14.5. The lowest BCUT2D eigenvalue weighted by atomic mass is 9.87. The number of H-pyrrole nitrogens is 1. The van der Waals surface area contributed by atoms with E-state index < -0.39 is 29.2 Å². The minimum absolute atomic E-state index is 0.347. The molecule has 1 aromatic rings. The molecule has 2 heterocycles. The zero-order valence-electron chi connectivity index (χ0n) is 10.7. The number of hydrogen-bond acceptors (Lipinski definition) is 3. The van der Waals surface area contributed by atoms with Gasteiger partial charge in [-0.1, -0.05) is 29.8 Å². The lowest BCUT2D eigenvalue weighted by Crippen LogP contribution is -2.37. The van der Waals surface area contributed by atoms with Gasteiger partial charge in [-0.3, -0.25) is 14.3 Å². The summed E-state index contributed by atoms with van der Waals surface area (Å²) in [4.78, 5) is 24.9. The third-order valence-corrected chi connectivity index (χ3v) is 4.83. The molecule has 1 aliphatic rings. The summed E-state index contributed by atoms with van der Waals surface area (Å²) in [5.74, 6) is -0.347. The Balaban J connectivity index is 2.42. The van der Waals surface area contributed by atoms with Gasteiger partial charge in [0.1, 0.15) is 0 Å². The van der Waals surface area contributed by atoms with Crippen molar-refractivity contribution in [2.75, 3.05) is 5.33 Å². The Morgan fingerprint density at radius 3 is 2.74 bits per heavy atom. The highest BCUT2D eigenvalue weighted by Gasteiger charge is 2.52. The lowest BCUT2D eigenvalue weighted by molar-refractivity contribution is -0.0774. The van der Waals surface area contributed by atoms with Gasteiger partial charge in [-0.05, 0) is 6.42 Å². The van der Waals surface area contributed by atoms with Gasteiger partial charge in [0.25, 0.3) is 5.56 Å². The van der Waals surface area contributed by atoms with Gasteiger partial charge < -0.3 is 4.74 Å². The molecule has 0 amide bonds. The van der Waals surface area contributed by atoms with E-state index in [1.807, 2.05) is 6.92 Å². The summed E-state index contributed by atoms with van der Waals surface area (Å²) in [5, 5.41) is 0.493. The first-order chi connectivity index (χ1) is 8.95. The maximum absolute atomic E-state index is 14.4. The molecular formula is C12H16BrFN2O3. The molecule has 0 saturated carbocycles. The molecule has 2 rings (SSSR count). The van der Waals surface area contributed by atoms with Crippen LogP contribution in [0.2, 0.25) is 0 Å². The molecule has 0 aliphatic carbocycles. The highest BCUT2D eigenvalue weighted by atomic mass is 79.9. The van der Waals surface area contributed by atoms with Crippen LogP contribution in [-0.2, 0) is 4.74 Å². The molecule has 1 fully saturated rings. The Labute approximate surface area is 117 Å². The second-order valence-corrected chi connectivity index (χ2v) is 5.37. The zero-order chi connectivity index (χ0) is 14.2. The average Bonchev–Trinajstić information content (AvgIpc) is 2.64. The molecule has 0 radical (unpaired) electrons. The Kier molecular flexibility index (Phi) is 3.96. The second kappa shape index (κ2) is 5.20. The predicted octanol–water partition coefficient (Wildman–Crippen LogP) is 1.58. The van der Waals surface area contributed by atoms with E-state index in [2.05, 4.69) is 20.9 Å². The SMILES string of the molecule is CC[C@@]1(CBr)O[C@@H](n2ccc(=O)[nH]c2=O)[C@H](F)[C@@H]1C. The Morgan fingerprint density at radius 2 is 2.26 bits per heavy atom. The van der Waals surface area contributed by atoms with E-state index in [0.29, 0.717) is 11.8 Å². The number of ether oxygens (including phenoxy) is 1. The van der Waals surface area contributed by atoms with E-state index >= 15 is 0 Å². The summed E-state index contributed by atoms with van der Waals surface area (Å²) < 4.78 is 21.3. The van der Waals surface area contributed by atoms with Gasteiger partial charge in [-0.25, -0.2) is 9.18 Å². The van der Waals surface area contributed by atoms with Crippen LogP contribution in [0.1, 0.15) is 26.5 Å². The van der Waals surface area contributed by atoms with Crippen molar-refractivity contribution in [2.45, 2.75) is 38.3 Å². The van der Waals surface area contributed by atoms with Crippen LogP contribution in [0.25, 0.3) is 0 Å². The molecule has 0 bridgehead atoms. The summed E-state index contributed by atoms with van der Waals surface area (Å²) in [7, 11) is 0. The van der Waals surface area contributed by atoms with Gasteiger partial charge in [-0.15, -0.1) is 0 Å². The minimum Gasteiger partial charge on any atom is -0.347 e. The van der Waals surface area contributed by atoms with Gasteiger partial charge >= 0.3 is 5.69 Å². The van der Waals surface area contributed by atoms with Crippen LogP contribution in [0, 0.1) is 5.92 Å². The summed E-state index contributed by atoms with van der Waals surface area (Å²) in [5.41, 5.74) is -1.81. The fourth-order valence-electron chi connectivity index (χ4n) is 2.44. The van der Waals surface area contributed by atoms with Crippen LogP contribution >= 0.6 is 15.9 Å². The van der Waals surface area contributed by atoms with Crippen molar-refractivity contribution in [3.63, 3.8) is 0 Å². The number of halogens is 2. The lowest BCUT2D eigenvalue weighted by Gasteiger charge is -2.29. The van der Waals surface area contributed by atoms with Gasteiger partial charge in [0.15, 0.2) is 12.4 Å². The number of alkyl halides is 2. The first-order valence-corrected chi connectivity index (χ1v) is 7.26. The van der Waals surface area contributed by atoms with Gasteiger partial charge in [0.2, 0.25) is 0 Å². The van der Waals surface area contributed by atoms with E-state index in [4.69, 9.17) is 4.74 Å². The van der Waals surface area contributed by atoms with E-state index in [-0.39, 0.29) is 5.92 Å². The first-order valence-electron chi connectivity index (χ1n) is 6.14. The standard InChI is InChI=1S/C12H16BrFN2O3/c1-3-12(6-13)7(2)9(14)10(19-12)16-5-4-8(17)15-11(16)18/h4-5,7,9-10H,3,6H2,1-2H3,(H,15,17,18)/t7-,9+,10+,12-/m0/s1. The fourth-order valence-corrected chi connectivity index (χ4v) is 3.48. The summed E-state index contributed by atoms with van der Waals surface area (Å²) >= 11 is 3.35. The Hall–Kier alpha value is -0.950. The van der Waals surface area contributed by atoms with Crippen LogP contribution in [0.5, 0.6) is 0 Å². The molecule has 1 aromatic heterocycles. The van der Waals surface area contributed by atoms with Crippen molar-refractivity contribution in [3.05, 3.63) is 33.1 Å². The van der Waals surface area contributed by atoms with Crippen LogP contribution in [0.3, 0.4) is 0 Å². The average molecular weight is 335 g/mol. The van der Waals surface area contributed by atoms with E-state index in [1.54, 1.807) is 6.92 Å². The number of rotatable bonds is 3. The van der Waals surface area contributed by atoms with Crippen LogP contribution in [-0.4, -0.2) is 26.7 Å². The zero-order valence-corrected chi connectivity index (χ0v) is 12.3. The van der Waals surface area contributed by atoms with Crippen molar-refractivity contribution in [3.8, 4) is 0 Å². The number of aromatic amines is 1.